The molecule has 1 N–H and O–H groups in total. The van der Waals surface area contributed by atoms with E-state index < -0.39 is 0 Å². The van der Waals surface area contributed by atoms with Crippen molar-refractivity contribution < 1.29 is 9.47 Å². The predicted molar refractivity (Wildman–Crippen MR) is 72.5 cm³/mol. The highest BCUT2D eigenvalue weighted by Crippen LogP contribution is 2.21. The van der Waals surface area contributed by atoms with Gasteiger partial charge in [0.15, 0.2) is 0 Å². The lowest BCUT2D eigenvalue weighted by atomic mass is 10.3. The van der Waals surface area contributed by atoms with Crippen molar-refractivity contribution in [3.05, 3.63) is 42.4 Å². The topological polar surface area (TPSA) is 56.3 Å². The predicted octanol–water partition coefficient (Wildman–Crippen LogP) is 2.39. The monoisotopic (exact) mass is 259 g/mol. The third kappa shape index (κ3) is 3.93. The van der Waals surface area contributed by atoms with E-state index in [2.05, 4.69) is 15.3 Å². The van der Waals surface area contributed by atoms with Crippen LogP contribution in [-0.4, -0.2) is 23.6 Å². The molecular weight excluding hydrogens is 242 g/mol. The molecule has 2 rings (SSSR count). The Kier molecular flexibility index (Phi) is 4.69. The lowest BCUT2D eigenvalue weighted by molar-refractivity contribution is 0.339. The van der Waals surface area contributed by atoms with Crippen LogP contribution in [0, 0.1) is 0 Å². The van der Waals surface area contributed by atoms with Gasteiger partial charge in [-0.2, -0.15) is 0 Å². The van der Waals surface area contributed by atoms with Crippen molar-refractivity contribution in [1.82, 2.24) is 15.3 Å². The van der Waals surface area contributed by atoms with Gasteiger partial charge in [-0.15, -0.1) is 0 Å². The van der Waals surface area contributed by atoms with Crippen LogP contribution < -0.4 is 14.8 Å². The van der Waals surface area contributed by atoms with Gasteiger partial charge in [0.2, 0.25) is 5.88 Å². The molecule has 0 radical (unpaired) electrons. The van der Waals surface area contributed by atoms with Crippen molar-refractivity contribution in [3.63, 3.8) is 0 Å². The Labute approximate surface area is 112 Å². The summed E-state index contributed by atoms with van der Waals surface area (Å²) in [6.45, 7) is 3.29. The maximum atomic E-state index is 5.60. The van der Waals surface area contributed by atoms with Gasteiger partial charge in [-0.05, 0) is 38.2 Å². The number of hydrogen-bond acceptors (Lipinski definition) is 5. The number of aromatic nitrogens is 2. The quantitative estimate of drug-likeness (QED) is 0.863. The summed E-state index contributed by atoms with van der Waals surface area (Å²) in [6, 6.07) is 7.41. The molecule has 0 spiro atoms. The maximum absolute atomic E-state index is 5.60. The lowest BCUT2D eigenvalue weighted by Gasteiger charge is -2.06. The standard InChI is InChI=1S/C14H17N3O2/c1-3-18-12-4-6-13(7-5-12)19-14-10-16-11(8-15-2)9-17-14/h4-7,9-10,15H,3,8H2,1-2H3. The molecule has 1 aromatic carbocycles. The minimum absolute atomic E-state index is 0.476. The summed E-state index contributed by atoms with van der Waals surface area (Å²) in [6.07, 6.45) is 3.31. The highest BCUT2D eigenvalue weighted by atomic mass is 16.5. The van der Waals surface area contributed by atoms with Gasteiger partial charge in [-0.3, -0.25) is 4.98 Å². The van der Waals surface area contributed by atoms with E-state index >= 15 is 0 Å². The molecule has 0 aliphatic rings. The van der Waals surface area contributed by atoms with Crippen LogP contribution in [0.2, 0.25) is 0 Å². The van der Waals surface area contributed by atoms with E-state index in [1.807, 2.05) is 38.2 Å². The van der Waals surface area contributed by atoms with Crippen LogP contribution >= 0.6 is 0 Å². The summed E-state index contributed by atoms with van der Waals surface area (Å²) in [4.78, 5) is 8.43. The van der Waals surface area contributed by atoms with Crippen LogP contribution in [0.1, 0.15) is 12.6 Å². The molecule has 0 saturated carbocycles. The first-order valence-electron chi connectivity index (χ1n) is 6.18. The number of rotatable bonds is 6. The van der Waals surface area contributed by atoms with E-state index in [4.69, 9.17) is 9.47 Å². The van der Waals surface area contributed by atoms with Crippen LogP contribution in [0.15, 0.2) is 36.7 Å². The molecule has 2 aromatic rings. The average molecular weight is 259 g/mol. The molecule has 0 aliphatic heterocycles. The zero-order valence-electron chi connectivity index (χ0n) is 11.1. The summed E-state index contributed by atoms with van der Waals surface area (Å²) in [5.74, 6) is 2.01. The zero-order valence-corrected chi connectivity index (χ0v) is 11.1. The smallest absolute Gasteiger partial charge is 0.237 e. The van der Waals surface area contributed by atoms with E-state index in [0.717, 1.165) is 11.4 Å². The third-order valence-corrected chi connectivity index (χ3v) is 2.40. The maximum Gasteiger partial charge on any atom is 0.237 e. The van der Waals surface area contributed by atoms with Crippen LogP contribution in [0.25, 0.3) is 0 Å². The molecule has 5 heteroatoms. The number of nitrogens with one attached hydrogen (secondary N) is 1. The Morgan fingerprint density at radius 2 is 1.79 bits per heavy atom. The fourth-order valence-electron chi connectivity index (χ4n) is 1.56. The van der Waals surface area contributed by atoms with Crippen molar-refractivity contribution in [1.29, 1.82) is 0 Å². The molecule has 0 aliphatic carbocycles. The minimum atomic E-state index is 0.476. The van der Waals surface area contributed by atoms with Crippen LogP contribution in [-0.2, 0) is 6.54 Å². The molecule has 0 unspecified atom stereocenters. The Morgan fingerprint density at radius 1 is 1.05 bits per heavy atom. The van der Waals surface area contributed by atoms with Crippen LogP contribution in [0.4, 0.5) is 0 Å². The first-order chi connectivity index (χ1) is 9.31. The summed E-state index contributed by atoms with van der Waals surface area (Å²) in [5.41, 5.74) is 0.876. The van der Waals surface area contributed by atoms with Crippen LogP contribution in [0.5, 0.6) is 17.4 Å². The SMILES string of the molecule is CCOc1ccc(Oc2cnc(CNC)cn2)cc1. The third-order valence-electron chi connectivity index (χ3n) is 2.40. The number of benzene rings is 1. The molecule has 19 heavy (non-hydrogen) atoms. The van der Waals surface area contributed by atoms with E-state index in [9.17, 15) is 0 Å². The molecule has 0 amide bonds. The van der Waals surface area contributed by atoms with E-state index in [1.165, 1.54) is 0 Å². The van der Waals surface area contributed by atoms with Gasteiger partial charge in [0, 0.05) is 6.54 Å². The van der Waals surface area contributed by atoms with Crippen molar-refractivity contribution in [2.24, 2.45) is 0 Å². The first-order valence-corrected chi connectivity index (χ1v) is 6.18. The van der Waals surface area contributed by atoms with Crippen molar-refractivity contribution in [2.45, 2.75) is 13.5 Å². The van der Waals surface area contributed by atoms with Gasteiger partial charge in [-0.25, -0.2) is 4.98 Å². The molecule has 1 heterocycles. The summed E-state index contributed by atoms with van der Waals surface area (Å²) >= 11 is 0. The first kappa shape index (κ1) is 13.3. The lowest BCUT2D eigenvalue weighted by Crippen LogP contribution is -2.07. The van der Waals surface area contributed by atoms with E-state index in [-0.39, 0.29) is 0 Å². The fraction of sp³-hybridized carbons (Fsp3) is 0.286. The molecule has 0 fully saturated rings. The molecule has 5 nitrogen and oxygen atoms in total. The Bertz CT molecular complexity index is 450. The van der Waals surface area contributed by atoms with Gasteiger partial charge in [0.25, 0.3) is 0 Å². The number of hydrogen-bond donors (Lipinski definition) is 1. The van der Waals surface area contributed by atoms with Crippen molar-refractivity contribution in [2.75, 3.05) is 13.7 Å². The number of nitrogens with zero attached hydrogens (tertiary/aromatic N) is 2. The average Bonchev–Trinajstić information content (AvgIpc) is 2.44. The zero-order chi connectivity index (χ0) is 13.5. The Hall–Kier alpha value is -2.14. The largest absolute Gasteiger partial charge is 0.494 e. The summed E-state index contributed by atoms with van der Waals surface area (Å²) in [5, 5.41) is 3.01. The fourth-order valence-corrected chi connectivity index (χ4v) is 1.56. The molecule has 100 valence electrons. The Morgan fingerprint density at radius 3 is 2.37 bits per heavy atom. The highest BCUT2D eigenvalue weighted by Gasteiger charge is 2.01. The summed E-state index contributed by atoms with van der Waals surface area (Å²) in [7, 11) is 1.87. The summed E-state index contributed by atoms with van der Waals surface area (Å²) < 4.78 is 11.0. The van der Waals surface area contributed by atoms with E-state index in [0.29, 0.717) is 24.8 Å². The van der Waals surface area contributed by atoms with E-state index in [1.54, 1.807) is 12.4 Å². The van der Waals surface area contributed by atoms with Crippen molar-refractivity contribution in [3.8, 4) is 17.4 Å². The second-order valence-electron chi connectivity index (χ2n) is 3.88. The molecule has 0 saturated heterocycles. The molecular formula is C14H17N3O2. The second-order valence-corrected chi connectivity index (χ2v) is 3.88. The van der Waals surface area contributed by atoms with Gasteiger partial charge < -0.3 is 14.8 Å². The van der Waals surface area contributed by atoms with Gasteiger partial charge in [0.05, 0.1) is 24.7 Å². The Balaban J connectivity index is 1.99. The van der Waals surface area contributed by atoms with Gasteiger partial charge in [0.1, 0.15) is 11.5 Å². The molecule has 0 bridgehead atoms. The molecule has 0 atom stereocenters. The van der Waals surface area contributed by atoms with Gasteiger partial charge in [-0.1, -0.05) is 0 Å². The molecule has 1 aromatic heterocycles. The van der Waals surface area contributed by atoms with Gasteiger partial charge >= 0.3 is 0 Å². The second kappa shape index (κ2) is 6.70. The highest BCUT2D eigenvalue weighted by molar-refractivity contribution is 5.33. The normalized spacial score (nSPS) is 10.2. The van der Waals surface area contributed by atoms with Crippen molar-refractivity contribution >= 4 is 0 Å². The minimum Gasteiger partial charge on any atom is -0.494 e. The number of ether oxygens (including phenoxy) is 2. The van der Waals surface area contributed by atoms with Crippen LogP contribution in [0.3, 0.4) is 0 Å².